The molecule has 0 fully saturated rings. The van der Waals surface area contributed by atoms with Gasteiger partial charge in [-0.15, -0.1) is 0 Å². The molecule has 0 aliphatic heterocycles. The number of aromatic hydroxyl groups is 1. The number of nitrogens with zero attached hydrogens (tertiary/aromatic N) is 1. The molecule has 0 aliphatic rings. The highest BCUT2D eigenvalue weighted by Gasteiger charge is 2.17. The standard InChI is InChI=1S/C16H18N2O3/c1-10-7-15(16(18(20)21)8-11(10)2)17-12(3)13-5-4-6-14(19)9-13/h4-9,12,17,19H,1-3H3. The molecule has 5 heteroatoms. The normalized spacial score (nSPS) is 12.0. The number of aryl methyl sites for hydroxylation is 2. The van der Waals surface area contributed by atoms with Crippen molar-refractivity contribution in [2.75, 3.05) is 5.32 Å². The Morgan fingerprint density at radius 2 is 1.86 bits per heavy atom. The van der Waals surface area contributed by atoms with Crippen molar-refractivity contribution in [2.24, 2.45) is 0 Å². The summed E-state index contributed by atoms with van der Waals surface area (Å²) in [5.74, 6) is 0.177. The minimum Gasteiger partial charge on any atom is -0.508 e. The molecule has 0 radical (unpaired) electrons. The molecule has 1 atom stereocenters. The molecule has 2 rings (SSSR count). The molecule has 1 unspecified atom stereocenters. The minimum absolute atomic E-state index is 0.0603. The predicted molar refractivity (Wildman–Crippen MR) is 82.7 cm³/mol. The van der Waals surface area contributed by atoms with Gasteiger partial charge in [0, 0.05) is 12.1 Å². The fraction of sp³-hybridized carbons (Fsp3) is 0.250. The molecule has 0 aliphatic carbocycles. The van der Waals surface area contributed by atoms with E-state index in [9.17, 15) is 15.2 Å². The first-order valence-corrected chi connectivity index (χ1v) is 6.69. The third-order valence-corrected chi connectivity index (χ3v) is 3.55. The van der Waals surface area contributed by atoms with Gasteiger partial charge in [-0.25, -0.2) is 0 Å². The van der Waals surface area contributed by atoms with Gasteiger partial charge in [-0.05, 0) is 55.7 Å². The lowest BCUT2D eigenvalue weighted by atomic mass is 10.0. The summed E-state index contributed by atoms with van der Waals surface area (Å²) in [4.78, 5) is 10.8. The van der Waals surface area contributed by atoms with Crippen LogP contribution >= 0.6 is 0 Å². The number of nitrogens with one attached hydrogen (secondary N) is 1. The van der Waals surface area contributed by atoms with E-state index in [4.69, 9.17) is 0 Å². The first-order chi connectivity index (χ1) is 9.88. The van der Waals surface area contributed by atoms with E-state index in [1.54, 1.807) is 30.3 Å². The Hall–Kier alpha value is -2.56. The van der Waals surface area contributed by atoms with Crippen molar-refractivity contribution >= 4 is 11.4 Å². The number of anilines is 1. The van der Waals surface area contributed by atoms with Crippen LogP contribution in [0.2, 0.25) is 0 Å². The molecular formula is C16H18N2O3. The molecule has 0 heterocycles. The molecule has 21 heavy (non-hydrogen) atoms. The van der Waals surface area contributed by atoms with Gasteiger partial charge in [0.25, 0.3) is 5.69 Å². The second kappa shape index (κ2) is 5.83. The Balaban J connectivity index is 2.34. The van der Waals surface area contributed by atoms with Gasteiger partial charge in [0.05, 0.1) is 4.92 Å². The maximum absolute atomic E-state index is 11.2. The number of hydrogen-bond acceptors (Lipinski definition) is 4. The van der Waals surface area contributed by atoms with Crippen molar-refractivity contribution in [2.45, 2.75) is 26.8 Å². The molecule has 0 saturated carbocycles. The number of phenols is 1. The molecule has 0 aromatic heterocycles. The van der Waals surface area contributed by atoms with E-state index < -0.39 is 0 Å². The van der Waals surface area contributed by atoms with Crippen molar-refractivity contribution in [3.63, 3.8) is 0 Å². The van der Waals surface area contributed by atoms with Gasteiger partial charge >= 0.3 is 0 Å². The van der Waals surface area contributed by atoms with Crippen LogP contribution in [0.5, 0.6) is 5.75 Å². The summed E-state index contributed by atoms with van der Waals surface area (Å²) >= 11 is 0. The van der Waals surface area contributed by atoms with Crippen LogP contribution in [0.4, 0.5) is 11.4 Å². The number of nitro groups is 1. The van der Waals surface area contributed by atoms with Crippen molar-refractivity contribution in [1.29, 1.82) is 0 Å². The molecule has 2 N–H and O–H groups in total. The van der Waals surface area contributed by atoms with Crippen LogP contribution in [-0.4, -0.2) is 10.0 Å². The predicted octanol–water partition coefficient (Wildman–Crippen LogP) is 4.09. The van der Waals surface area contributed by atoms with Gasteiger partial charge in [-0.3, -0.25) is 10.1 Å². The Bertz CT molecular complexity index is 683. The fourth-order valence-electron chi connectivity index (χ4n) is 2.18. The lowest BCUT2D eigenvalue weighted by Gasteiger charge is -2.17. The van der Waals surface area contributed by atoms with Crippen molar-refractivity contribution in [3.8, 4) is 5.75 Å². The van der Waals surface area contributed by atoms with E-state index in [0.717, 1.165) is 16.7 Å². The minimum atomic E-state index is -0.385. The Morgan fingerprint density at radius 1 is 1.19 bits per heavy atom. The molecule has 110 valence electrons. The van der Waals surface area contributed by atoms with Crippen molar-refractivity contribution in [3.05, 3.63) is 63.2 Å². The zero-order valence-electron chi connectivity index (χ0n) is 12.3. The zero-order chi connectivity index (χ0) is 15.6. The molecule has 5 nitrogen and oxygen atoms in total. The Labute approximate surface area is 123 Å². The van der Waals surface area contributed by atoms with Crippen LogP contribution in [0.15, 0.2) is 36.4 Å². The van der Waals surface area contributed by atoms with Gasteiger partial charge in [-0.1, -0.05) is 12.1 Å². The summed E-state index contributed by atoms with van der Waals surface area (Å²) in [6, 6.07) is 10.1. The van der Waals surface area contributed by atoms with Crippen LogP contribution in [0.3, 0.4) is 0 Å². The van der Waals surface area contributed by atoms with Gasteiger partial charge in [0.2, 0.25) is 0 Å². The first-order valence-electron chi connectivity index (χ1n) is 6.69. The highest BCUT2D eigenvalue weighted by molar-refractivity contribution is 5.65. The molecule has 0 bridgehead atoms. The quantitative estimate of drug-likeness (QED) is 0.655. The van der Waals surface area contributed by atoms with Crippen LogP contribution in [0.25, 0.3) is 0 Å². The van der Waals surface area contributed by atoms with Gasteiger partial charge in [0.1, 0.15) is 11.4 Å². The monoisotopic (exact) mass is 286 g/mol. The summed E-state index contributed by atoms with van der Waals surface area (Å²) in [6.45, 7) is 5.67. The lowest BCUT2D eigenvalue weighted by molar-refractivity contribution is -0.384. The van der Waals surface area contributed by atoms with E-state index in [1.807, 2.05) is 26.8 Å². The van der Waals surface area contributed by atoms with Crippen molar-refractivity contribution in [1.82, 2.24) is 0 Å². The van der Waals surface area contributed by atoms with Crippen LogP contribution in [-0.2, 0) is 0 Å². The largest absolute Gasteiger partial charge is 0.508 e. The number of benzene rings is 2. The number of hydrogen-bond donors (Lipinski definition) is 2. The second-order valence-corrected chi connectivity index (χ2v) is 5.17. The summed E-state index contributed by atoms with van der Waals surface area (Å²) in [5, 5.41) is 23.8. The molecular weight excluding hydrogens is 268 g/mol. The van der Waals surface area contributed by atoms with Gasteiger partial charge in [0.15, 0.2) is 0 Å². The Kier molecular flexibility index (Phi) is 4.12. The summed E-state index contributed by atoms with van der Waals surface area (Å²) < 4.78 is 0. The summed E-state index contributed by atoms with van der Waals surface area (Å²) in [5.41, 5.74) is 3.29. The average Bonchev–Trinajstić information content (AvgIpc) is 2.42. The lowest BCUT2D eigenvalue weighted by Crippen LogP contribution is -2.09. The van der Waals surface area contributed by atoms with Crippen LogP contribution in [0, 0.1) is 24.0 Å². The molecule has 0 amide bonds. The van der Waals surface area contributed by atoms with E-state index in [1.165, 1.54) is 0 Å². The van der Waals surface area contributed by atoms with E-state index in [2.05, 4.69) is 5.32 Å². The maximum atomic E-state index is 11.2. The number of rotatable bonds is 4. The third-order valence-electron chi connectivity index (χ3n) is 3.55. The smallest absolute Gasteiger partial charge is 0.292 e. The average molecular weight is 286 g/mol. The molecule has 0 saturated heterocycles. The SMILES string of the molecule is Cc1cc(NC(C)c2cccc(O)c2)c([N+](=O)[O-])cc1C. The second-order valence-electron chi connectivity index (χ2n) is 5.17. The van der Waals surface area contributed by atoms with E-state index in [0.29, 0.717) is 5.69 Å². The van der Waals surface area contributed by atoms with Crippen molar-refractivity contribution < 1.29 is 10.0 Å². The fourth-order valence-corrected chi connectivity index (χ4v) is 2.18. The van der Waals surface area contributed by atoms with E-state index in [-0.39, 0.29) is 22.4 Å². The van der Waals surface area contributed by atoms with Crippen LogP contribution in [0.1, 0.15) is 29.7 Å². The topological polar surface area (TPSA) is 75.4 Å². The third kappa shape index (κ3) is 3.31. The highest BCUT2D eigenvalue weighted by Crippen LogP contribution is 2.31. The van der Waals surface area contributed by atoms with Crippen LogP contribution < -0.4 is 5.32 Å². The summed E-state index contributed by atoms with van der Waals surface area (Å²) in [7, 11) is 0. The molecule has 2 aromatic carbocycles. The molecule has 0 spiro atoms. The molecule has 2 aromatic rings. The Morgan fingerprint density at radius 3 is 2.48 bits per heavy atom. The number of phenolic OH excluding ortho intramolecular Hbond substituents is 1. The van der Waals surface area contributed by atoms with Gasteiger partial charge in [-0.2, -0.15) is 0 Å². The van der Waals surface area contributed by atoms with E-state index >= 15 is 0 Å². The first kappa shape index (κ1) is 14.8. The zero-order valence-corrected chi connectivity index (χ0v) is 12.3. The maximum Gasteiger partial charge on any atom is 0.292 e. The highest BCUT2D eigenvalue weighted by atomic mass is 16.6. The van der Waals surface area contributed by atoms with Gasteiger partial charge < -0.3 is 10.4 Å². The summed E-state index contributed by atoms with van der Waals surface area (Å²) in [6.07, 6.45) is 0. The number of nitro benzene ring substituents is 1.